The highest BCUT2D eigenvalue weighted by molar-refractivity contribution is 9.10. The van der Waals surface area contributed by atoms with Crippen LogP contribution in [0.1, 0.15) is 43.7 Å². The minimum absolute atomic E-state index is 0.684. The van der Waals surface area contributed by atoms with Crippen LogP contribution in [0, 0.1) is 17.8 Å². The lowest BCUT2D eigenvalue weighted by atomic mass is 9.71. The van der Waals surface area contributed by atoms with Crippen LogP contribution < -0.4 is 10.5 Å². The molecule has 1 aliphatic heterocycles. The maximum atomic E-state index is 6.04. The van der Waals surface area contributed by atoms with E-state index in [9.17, 15) is 0 Å². The summed E-state index contributed by atoms with van der Waals surface area (Å²) in [4.78, 5) is 0. The lowest BCUT2D eigenvalue weighted by Crippen LogP contribution is -2.31. The van der Waals surface area contributed by atoms with Crippen LogP contribution in [0.2, 0.25) is 0 Å². The van der Waals surface area contributed by atoms with Crippen LogP contribution in [0.4, 0.5) is 0 Å². The molecule has 3 atom stereocenters. The fourth-order valence-corrected chi connectivity index (χ4v) is 4.69. The number of hydrogen-bond donors (Lipinski definition) is 1. The fourth-order valence-electron chi connectivity index (χ4n) is 4.14. The first-order valence-electron chi connectivity index (χ1n) is 8.35. The van der Waals surface area contributed by atoms with Crippen LogP contribution in [0.15, 0.2) is 16.6 Å². The molecule has 1 saturated carbocycles. The van der Waals surface area contributed by atoms with E-state index in [1.54, 1.807) is 0 Å². The molecule has 3 unspecified atom stereocenters. The van der Waals surface area contributed by atoms with Crippen molar-refractivity contribution in [3.8, 4) is 5.75 Å². The Bertz CT molecular complexity index is 502. The molecule has 0 radical (unpaired) electrons. The maximum absolute atomic E-state index is 6.04. The molecule has 0 aromatic heterocycles. The Morgan fingerprint density at radius 2 is 2.14 bits per heavy atom. The average Bonchev–Trinajstić information content (AvgIpc) is 2.95. The van der Waals surface area contributed by atoms with E-state index in [0.29, 0.717) is 5.92 Å². The number of nitrogens with two attached hydrogens (primary N) is 1. The fraction of sp³-hybridized carbons (Fsp3) is 0.667. The first-order valence-corrected chi connectivity index (χ1v) is 9.14. The first-order chi connectivity index (χ1) is 10.2. The monoisotopic (exact) mass is 351 g/mol. The quantitative estimate of drug-likeness (QED) is 0.876. The molecule has 116 valence electrons. The highest BCUT2D eigenvalue weighted by atomic mass is 79.9. The van der Waals surface area contributed by atoms with E-state index in [4.69, 9.17) is 10.5 Å². The normalized spacial score (nSPS) is 28.2. The van der Waals surface area contributed by atoms with Crippen LogP contribution in [-0.4, -0.2) is 13.2 Å². The van der Waals surface area contributed by atoms with Gasteiger partial charge in [0.1, 0.15) is 5.75 Å². The highest BCUT2D eigenvalue weighted by Crippen LogP contribution is 2.40. The second-order valence-corrected chi connectivity index (χ2v) is 7.61. The summed E-state index contributed by atoms with van der Waals surface area (Å²) in [7, 11) is 0. The van der Waals surface area contributed by atoms with E-state index < -0.39 is 0 Å². The van der Waals surface area contributed by atoms with Gasteiger partial charge in [-0.2, -0.15) is 0 Å². The third-order valence-electron chi connectivity index (χ3n) is 5.44. The number of ether oxygens (including phenoxy) is 1. The van der Waals surface area contributed by atoms with Crippen molar-refractivity contribution in [1.29, 1.82) is 0 Å². The summed E-state index contributed by atoms with van der Waals surface area (Å²) in [5.41, 5.74) is 8.79. The second kappa shape index (κ2) is 6.70. The Kier molecular flexibility index (Phi) is 4.90. The topological polar surface area (TPSA) is 35.2 Å². The zero-order valence-corrected chi connectivity index (χ0v) is 14.5. The number of benzene rings is 1. The van der Waals surface area contributed by atoms with Gasteiger partial charge in [0.2, 0.25) is 0 Å². The predicted octanol–water partition coefficient (Wildman–Crippen LogP) is 4.33. The van der Waals surface area contributed by atoms with Gasteiger partial charge in [0, 0.05) is 10.9 Å². The molecule has 2 aliphatic rings. The smallest absolute Gasteiger partial charge is 0.125 e. The molecular weight excluding hydrogens is 326 g/mol. The van der Waals surface area contributed by atoms with Crippen molar-refractivity contribution in [1.82, 2.24) is 0 Å². The summed E-state index contributed by atoms with van der Waals surface area (Å²) in [6.07, 6.45) is 7.48. The van der Waals surface area contributed by atoms with E-state index in [1.807, 2.05) is 0 Å². The molecule has 0 bridgehead atoms. The molecule has 1 aromatic rings. The summed E-state index contributed by atoms with van der Waals surface area (Å²) < 4.78 is 7.08. The Balaban J connectivity index is 1.81. The van der Waals surface area contributed by atoms with Gasteiger partial charge in [0.05, 0.1) is 6.61 Å². The van der Waals surface area contributed by atoms with E-state index >= 15 is 0 Å². The number of halogens is 1. The van der Waals surface area contributed by atoms with Crippen LogP contribution in [-0.2, 0) is 12.8 Å². The molecule has 21 heavy (non-hydrogen) atoms. The lowest BCUT2D eigenvalue weighted by Gasteiger charge is -2.35. The molecule has 1 heterocycles. The molecule has 0 saturated heterocycles. The van der Waals surface area contributed by atoms with Crippen molar-refractivity contribution in [2.24, 2.45) is 23.5 Å². The molecule has 0 amide bonds. The van der Waals surface area contributed by atoms with Crippen LogP contribution >= 0.6 is 15.9 Å². The Morgan fingerprint density at radius 3 is 2.90 bits per heavy atom. The van der Waals surface area contributed by atoms with Crippen molar-refractivity contribution < 1.29 is 4.74 Å². The number of fused-ring (bicyclic) bond motifs is 1. The lowest BCUT2D eigenvalue weighted by molar-refractivity contribution is 0.179. The van der Waals surface area contributed by atoms with Crippen molar-refractivity contribution >= 4 is 15.9 Å². The largest absolute Gasteiger partial charge is 0.493 e. The predicted molar refractivity (Wildman–Crippen MR) is 90.7 cm³/mol. The van der Waals surface area contributed by atoms with Gasteiger partial charge in [-0.15, -0.1) is 0 Å². The van der Waals surface area contributed by atoms with E-state index in [0.717, 1.165) is 43.6 Å². The van der Waals surface area contributed by atoms with Crippen molar-refractivity contribution in [2.45, 2.75) is 45.4 Å². The second-order valence-electron chi connectivity index (χ2n) is 6.70. The molecule has 1 aromatic carbocycles. The highest BCUT2D eigenvalue weighted by Gasteiger charge is 2.30. The van der Waals surface area contributed by atoms with Gasteiger partial charge >= 0.3 is 0 Å². The molecule has 3 heteroatoms. The molecule has 3 rings (SSSR count). The standard InChI is InChI=1S/C18H26BrNO/c1-2-12-3-4-14(11-20)15(7-12)8-16-10-17(19)9-13-5-6-21-18(13)16/h9-10,12,14-15H,2-8,11,20H2,1H3. The zero-order chi connectivity index (χ0) is 14.8. The van der Waals surface area contributed by atoms with Crippen molar-refractivity contribution in [3.63, 3.8) is 0 Å². The summed E-state index contributed by atoms with van der Waals surface area (Å²) >= 11 is 3.66. The van der Waals surface area contributed by atoms with Gasteiger partial charge in [0.15, 0.2) is 0 Å². The minimum atomic E-state index is 0.684. The summed E-state index contributed by atoms with van der Waals surface area (Å²) in [5, 5.41) is 0. The third-order valence-corrected chi connectivity index (χ3v) is 5.89. The summed E-state index contributed by atoms with van der Waals surface area (Å²) in [6.45, 7) is 3.99. The summed E-state index contributed by atoms with van der Waals surface area (Å²) in [6, 6.07) is 4.47. The molecule has 1 aliphatic carbocycles. The molecular formula is C18H26BrNO. The van der Waals surface area contributed by atoms with E-state index in [-0.39, 0.29) is 0 Å². The minimum Gasteiger partial charge on any atom is -0.493 e. The van der Waals surface area contributed by atoms with Crippen molar-refractivity contribution in [3.05, 3.63) is 27.7 Å². The van der Waals surface area contributed by atoms with E-state index in [2.05, 4.69) is 35.0 Å². The summed E-state index contributed by atoms with van der Waals surface area (Å²) in [5.74, 6) is 3.45. The first kappa shape index (κ1) is 15.4. The maximum Gasteiger partial charge on any atom is 0.125 e. The average molecular weight is 352 g/mol. The van der Waals surface area contributed by atoms with Gasteiger partial charge in [0.25, 0.3) is 0 Å². The third kappa shape index (κ3) is 3.29. The van der Waals surface area contributed by atoms with Crippen molar-refractivity contribution in [2.75, 3.05) is 13.2 Å². The Labute approximate surface area is 136 Å². The van der Waals surface area contributed by atoms with Gasteiger partial charge in [-0.25, -0.2) is 0 Å². The van der Waals surface area contributed by atoms with Crippen LogP contribution in [0.3, 0.4) is 0 Å². The Hall–Kier alpha value is -0.540. The molecule has 2 nitrogen and oxygen atoms in total. The molecule has 0 spiro atoms. The van der Waals surface area contributed by atoms with Gasteiger partial charge in [-0.05, 0) is 66.8 Å². The Morgan fingerprint density at radius 1 is 1.29 bits per heavy atom. The number of rotatable bonds is 4. The molecule has 2 N–H and O–H groups in total. The van der Waals surface area contributed by atoms with Gasteiger partial charge in [-0.3, -0.25) is 0 Å². The SMILES string of the molecule is CCC1CCC(CN)C(Cc2cc(Br)cc3c2OCC3)C1. The van der Waals surface area contributed by atoms with Gasteiger partial charge in [-0.1, -0.05) is 35.7 Å². The van der Waals surface area contributed by atoms with E-state index in [1.165, 1.54) is 41.3 Å². The molecule has 1 fully saturated rings. The zero-order valence-electron chi connectivity index (χ0n) is 12.9. The van der Waals surface area contributed by atoms with Crippen LogP contribution in [0.5, 0.6) is 5.75 Å². The number of hydrogen-bond acceptors (Lipinski definition) is 2. The van der Waals surface area contributed by atoms with Crippen LogP contribution in [0.25, 0.3) is 0 Å². The van der Waals surface area contributed by atoms with Gasteiger partial charge < -0.3 is 10.5 Å².